The summed E-state index contributed by atoms with van der Waals surface area (Å²) in [7, 11) is 2.07. The van der Waals surface area contributed by atoms with E-state index in [4.69, 9.17) is 0 Å². The van der Waals surface area contributed by atoms with Gasteiger partial charge in [0.05, 0.1) is 12.0 Å². The molecule has 0 spiro atoms. The standard InChI is InChI=1S/C14H26N4/c1-12(2)16-8-13-4-6-18(7-5-13)10-14-9-15-11-17(14)3/h9,11-13,16H,4-8,10H2,1-3H3. The molecule has 0 unspecified atom stereocenters. The first-order valence-electron chi connectivity index (χ1n) is 7.06. The number of aryl methyl sites for hydroxylation is 1. The first-order valence-corrected chi connectivity index (χ1v) is 7.06. The Labute approximate surface area is 110 Å². The molecule has 0 aliphatic carbocycles. The van der Waals surface area contributed by atoms with Crippen molar-refractivity contribution in [2.75, 3.05) is 19.6 Å². The molecule has 4 nitrogen and oxygen atoms in total. The molecule has 102 valence electrons. The monoisotopic (exact) mass is 250 g/mol. The minimum Gasteiger partial charge on any atom is -0.337 e. The van der Waals surface area contributed by atoms with E-state index < -0.39 is 0 Å². The molecular formula is C14H26N4. The largest absolute Gasteiger partial charge is 0.337 e. The summed E-state index contributed by atoms with van der Waals surface area (Å²) in [6.07, 6.45) is 6.50. The third-order valence-electron chi connectivity index (χ3n) is 3.82. The van der Waals surface area contributed by atoms with Crippen LogP contribution >= 0.6 is 0 Å². The predicted molar refractivity (Wildman–Crippen MR) is 74.3 cm³/mol. The Morgan fingerprint density at radius 3 is 2.67 bits per heavy atom. The van der Waals surface area contributed by atoms with Crippen LogP contribution in [0.15, 0.2) is 12.5 Å². The normalized spacial score (nSPS) is 18.7. The van der Waals surface area contributed by atoms with E-state index in [1.807, 2.05) is 12.5 Å². The molecule has 2 rings (SSSR count). The lowest BCUT2D eigenvalue weighted by Crippen LogP contribution is -2.38. The molecule has 0 aromatic carbocycles. The van der Waals surface area contributed by atoms with E-state index in [1.54, 1.807) is 0 Å². The van der Waals surface area contributed by atoms with Crippen molar-refractivity contribution in [1.29, 1.82) is 0 Å². The van der Waals surface area contributed by atoms with Gasteiger partial charge in [-0.15, -0.1) is 0 Å². The lowest BCUT2D eigenvalue weighted by molar-refractivity contribution is 0.171. The van der Waals surface area contributed by atoms with E-state index in [-0.39, 0.29) is 0 Å². The summed E-state index contributed by atoms with van der Waals surface area (Å²) in [6, 6.07) is 0.609. The molecule has 1 aromatic heterocycles. The van der Waals surface area contributed by atoms with Crippen LogP contribution in [-0.2, 0) is 13.6 Å². The van der Waals surface area contributed by atoms with E-state index in [9.17, 15) is 0 Å². The molecule has 1 aliphatic heterocycles. The molecule has 0 amide bonds. The summed E-state index contributed by atoms with van der Waals surface area (Å²) in [5, 5.41) is 3.55. The number of nitrogens with zero attached hydrogens (tertiary/aromatic N) is 3. The van der Waals surface area contributed by atoms with Crippen LogP contribution in [0, 0.1) is 5.92 Å². The highest BCUT2D eigenvalue weighted by Crippen LogP contribution is 2.18. The molecule has 0 atom stereocenters. The minimum atomic E-state index is 0.609. The van der Waals surface area contributed by atoms with Gasteiger partial charge in [-0.05, 0) is 38.4 Å². The molecule has 1 saturated heterocycles. The summed E-state index contributed by atoms with van der Waals surface area (Å²) >= 11 is 0. The van der Waals surface area contributed by atoms with Gasteiger partial charge in [-0.3, -0.25) is 4.90 Å². The topological polar surface area (TPSA) is 33.1 Å². The highest BCUT2D eigenvalue weighted by Gasteiger charge is 2.19. The second kappa shape index (κ2) is 6.34. The van der Waals surface area contributed by atoms with E-state index >= 15 is 0 Å². The number of rotatable bonds is 5. The van der Waals surface area contributed by atoms with Gasteiger partial charge >= 0.3 is 0 Å². The van der Waals surface area contributed by atoms with Gasteiger partial charge in [0.2, 0.25) is 0 Å². The Bertz CT molecular complexity index is 350. The van der Waals surface area contributed by atoms with Gasteiger partial charge in [-0.1, -0.05) is 13.8 Å². The third kappa shape index (κ3) is 3.82. The molecule has 18 heavy (non-hydrogen) atoms. The fourth-order valence-electron chi connectivity index (χ4n) is 2.52. The van der Waals surface area contributed by atoms with Gasteiger partial charge in [-0.2, -0.15) is 0 Å². The highest BCUT2D eigenvalue weighted by atomic mass is 15.2. The Hall–Kier alpha value is -0.870. The Morgan fingerprint density at radius 1 is 1.39 bits per heavy atom. The molecule has 1 N–H and O–H groups in total. The average molecular weight is 250 g/mol. The Kier molecular flexibility index (Phi) is 4.78. The molecule has 0 radical (unpaired) electrons. The lowest BCUT2D eigenvalue weighted by Gasteiger charge is -2.32. The smallest absolute Gasteiger partial charge is 0.0945 e. The lowest BCUT2D eigenvalue weighted by atomic mass is 9.96. The van der Waals surface area contributed by atoms with Crippen molar-refractivity contribution in [3.05, 3.63) is 18.2 Å². The average Bonchev–Trinajstić information content (AvgIpc) is 2.74. The first-order chi connectivity index (χ1) is 8.65. The molecule has 4 heteroatoms. The van der Waals surface area contributed by atoms with Crippen molar-refractivity contribution < 1.29 is 0 Å². The van der Waals surface area contributed by atoms with Crippen LogP contribution < -0.4 is 5.32 Å². The van der Waals surface area contributed by atoms with Crippen molar-refractivity contribution in [2.24, 2.45) is 13.0 Å². The fourth-order valence-corrected chi connectivity index (χ4v) is 2.52. The number of imidazole rings is 1. The van der Waals surface area contributed by atoms with Crippen LogP contribution in [-0.4, -0.2) is 40.1 Å². The maximum Gasteiger partial charge on any atom is 0.0945 e. The summed E-state index contributed by atoms with van der Waals surface area (Å²) in [4.78, 5) is 6.72. The molecule has 1 aliphatic rings. The molecule has 0 bridgehead atoms. The number of nitrogens with one attached hydrogen (secondary N) is 1. The van der Waals surface area contributed by atoms with Gasteiger partial charge in [0.1, 0.15) is 0 Å². The summed E-state index contributed by atoms with van der Waals surface area (Å²) in [5.74, 6) is 0.857. The van der Waals surface area contributed by atoms with Crippen LogP contribution in [0.2, 0.25) is 0 Å². The quantitative estimate of drug-likeness (QED) is 0.862. The van der Waals surface area contributed by atoms with Gasteiger partial charge in [0.15, 0.2) is 0 Å². The predicted octanol–water partition coefficient (Wildman–Crippen LogP) is 1.63. The van der Waals surface area contributed by atoms with Crippen molar-refractivity contribution in [2.45, 2.75) is 39.3 Å². The van der Waals surface area contributed by atoms with Gasteiger partial charge < -0.3 is 9.88 Å². The number of aromatic nitrogens is 2. The van der Waals surface area contributed by atoms with Gasteiger partial charge in [-0.25, -0.2) is 4.98 Å². The minimum absolute atomic E-state index is 0.609. The first kappa shape index (κ1) is 13.6. The zero-order valence-corrected chi connectivity index (χ0v) is 11.9. The van der Waals surface area contributed by atoms with Crippen molar-refractivity contribution in [3.63, 3.8) is 0 Å². The van der Waals surface area contributed by atoms with Gasteiger partial charge in [0.25, 0.3) is 0 Å². The van der Waals surface area contributed by atoms with Crippen LogP contribution in [0.5, 0.6) is 0 Å². The molecule has 2 heterocycles. The molecular weight excluding hydrogens is 224 g/mol. The van der Waals surface area contributed by atoms with E-state index in [1.165, 1.54) is 38.2 Å². The number of hydrogen-bond acceptors (Lipinski definition) is 3. The maximum atomic E-state index is 4.18. The molecule has 1 fully saturated rings. The van der Waals surface area contributed by atoms with Crippen LogP contribution in [0.1, 0.15) is 32.4 Å². The van der Waals surface area contributed by atoms with Gasteiger partial charge in [0, 0.05) is 25.8 Å². The molecule has 1 aromatic rings. The summed E-state index contributed by atoms with van der Waals surface area (Å²) in [5.41, 5.74) is 1.31. The highest BCUT2D eigenvalue weighted by molar-refractivity contribution is 4.97. The van der Waals surface area contributed by atoms with E-state index in [2.05, 4.69) is 40.7 Å². The zero-order valence-electron chi connectivity index (χ0n) is 11.9. The van der Waals surface area contributed by atoms with Crippen molar-refractivity contribution in [1.82, 2.24) is 19.8 Å². The third-order valence-corrected chi connectivity index (χ3v) is 3.82. The summed E-state index contributed by atoms with van der Waals surface area (Å²) in [6.45, 7) is 9.10. The van der Waals surface area contributed by atoms with E-state index in [0.29, 0.717) is 6.04 Å². The van der Waals surface area contributed by atoms with Crippen molar-refractivity contribution in [3.8, 4) is 0 Å². The number of piperidine rings is 1. The van der Waals surface area contributed by atoms with Crippen LogP contribution in [0.3, 0.4) is 0 Å². The Morgan fingerprint density at radius 2 is 2.11 bits per heavy atom. The Balaban J connectivity index is 1.72. The van der Waals surface area contributed by atoms with E-state index in [0.717, 1.165) is 12.5 Å². The maximum absolute atomic E-state index is 4.18. The van der Waals surface area contributed by atoms with Crippen molar-refractivity contribution >= 4 is 0 Å². The number of likely N-dealkylation sites (tertiary alicyclic amines) is 1. The fraction of sp³-hybridized carbons (Fsp3) is 0.786. The number of hydrogen-bond donors (Lipinski definition) is 1. The molecule has 0 saturated carbocycles. The SMILES string of the molecule is CC(C)NCC1CCN(Cc2cncn2C)CC1. The van der Waals surface area contributed by atoms with Crippen LogP contribution in [0.25, 0.3) is 0 Å². The summed E-state index contributed by atoms with van der Waals surface area (Å²) < 4.78 is 2.12. The van der Waals surface area contributed by atoms with Crippen LogP contribution in [0.4, 0.5) is 0 Å². The second-order valence-corrected chi connectivity index (χ2v) is 5.78. The second-order valence-electron chi connectivity index (χ2n) is 5.78. The zero-order chi connectivity index (χ0) is 13.0.